The molecule has 2 aromatic rings. The van der Waals surface area contributed by atoms with Crippen molar-refractivity contribution in [1.82, 2.24) is 14.8 Å². The van der Waals surface area contributed by atoms with Crippen LogP contribution < -0.4 is 10.6 Å². The highest BCUT2D eigenvalue weighted by Crippen LogP contribution is 2.24. The highest BCUT2D eigenvalue weighted by atomic mass is 32.1. The number of nitrogens with one attached hydrogen (secondary N) is 2. The second-order valence-corrected chi connectivity index (χ2v) is 8.13. The zero-order valence-corrected chi connectivity index (χ0v) is 16.5. The molecule has 1 saturated heterocycles. The van der Waals surface area contributed by atoms with Crippen LogP contribution in [-0.2, 0) is 4.79 Å². The van der Waals surface area contributed by atoms with Crippen molar-refractivity contribution >= 4 is 34.7 Å². The Morgan fingerprint density at radius 2 is 2.00 bits per heavy atom. The lowest BCUT2D eigenvalue weighted by Crippen LogP contribution is -2.41. The second kappa shape index (κ2) is 8.18. The van der Waals surface area contributed by atoms with Gasteiger partial charge in [0.2, 0.25) is 5.91 Å². The van der Waals surface area contributed by atoms with E-state index in [0.717, 1.165) is 31.6 Å². The number of hydrogen-bond acceptors (Lipinski definition) is 4. The van der Waals surface area contributed by atoms with Gasteiger partial charge in [0.05, 0.1) is 17.3 Å². The predicted molar refractivity (Wildman–Crippen MR) is 108 cm³/mol. The van der Waals surface area contributed by atoms with Gasteiger partial charge in [0, 0.05) is 37.6 Å². The Balaban J connectivity index is 1.50. The predicted octanol–water partition coefficient (Wildman–Crippen LogP) is 2.88. The average Bonchev–Trinajstić information content (AvgIpc) is 3.28. The fraction of sp³-hybridized carbons (Fsp3) is 0.450. The van der Waals surface area contributed by atoms with Crippen molar-refractivity contribution in [2.75, 3.05) is 25.0 Å². The van der Waals surface area contributed by atoms with Crippen LogP contribution in [0.2, 0.25) is 0 Å². The van der Waals surface area contributed by atoms with Gasteiger partial charge in [-0.05, 0) is 30.4 Å². The highest BCUT2D eigenvalue weighted by molar-refractivity contribution is 7.08. The summed E-state index contributed by atoms with van der Waals surface area (Å²) in [4.78, 5) is 39.5. The minimum Gasteiger partial charge on any atom is -0.349 e. The summed E-state index contributed by atoms with van der Waals surface area (Å²) >= 11 is 1.50. The van der Waals surface area contributed by atoms with E-state index in [1.807, 2.05) is 21.7 Å². The Labute approximate surface area is 167 Å². The van der Waals surface area contributed by atoms with E-state index in [4.69, 9.17) is 0 Å². The Bertz CT molecular complexity index is 866. The maximum atomic E-state index is 12.8. The number of thiophene rings is 1. The zero-order chi connectivity index (χ0) is 19.5. The number of fused-ring (bicyclic) bond motifs is 1. The lowest BCUT2D eigenvalue weighted by atomic mass is 10.1. The molecule has 28 heavy (non-hydrogen) atoms. The number of carbonyl (C=O) groups is 3. The summed E-state index contributed by atoms with van der Waals surface area (Å²) in [5.41, 5.74) is 1.58. The molecule has 7 nitrogen and oxygen atoms in total. The van der Waals surface area contributed by atoms with Gasteiger partial charge in [0.1, 0.15) is 5.69 Å². The molecule has 8 heteroatoms. The summed E-state index contributed by atoms with van der Waals surface area (Å²) in [5, 5.41) is 9.41. The van der Waals surface area contributed by atoms with Crippen LogP contribution in [0.4, 0.5) is 5.69 Å². The largest absolute Gasteiger partial charge is 0.349 e. The second-order valence-electron chi connectivity index (χ2n) is 7.35. The first-order valence-electron chi connectivity index (χ1n) is 9.73. The normalized spacial score (nSPS) is 19.5. The summed E-state index contributed by atoms with van der Waals surface area (Å²) < 4.78 is 1.79. The summed E-state index contributed by atoms with van der Waals surface area (Å²) in [6, 6.07) is 3.25. The molecule has 2 aliphatic heterocycles. The van der Waals surface area contributed by atoms with E-state index in [9.17, 15) is 14.4 Å². The van der Waals surface area contributed by atoms with Crippen LogP contribution in [0.5, 0.6) is 0 Å². The van der Waals surface area contributed by atoms with Gasteiger partial charge in [-0.15, -0.1) is 0 Å². The number of nitrogens with zero attached hydrogens (tertiary/aromatic N) is 2. The number of aromatic nitrogens is 1. The molecule has 2 aliphatic rings. The molecule has 148 valence electrons. The molecule has 2 N–H and O–H groups in total. The number of rotatable bonds is 4. The zero-order valence-electron chi connectivity index (χ0n) is 15.6. The maximum absolute atomic E-state index is 12.8. The fourth-order valence-corrected chi connectivity index (χ4v) is 4.43. The molecule has 1 fully saturated rings. The van der Waals surface area contributed by atoms with E-state index in [1.165, 1.54) is 24.2 Å². The molecule has 4 heterocycles. The maximum Gasteiger partial charge on any atom is 0.268 e. The van der Waals surface area contributed by atoms with Crippen LogP contribution in [0.1, 0.15) is 59.0 Å². The molecule has 0 spiro atoms. The lowest BCUT2D eigenvalue weighted by molar-refractivity contribution is -0.132. The SMILES string of the molecule is O=C(Nc1ccsc1)c1cc2n(c1)C(CC(=O)N1CCCCCC1)CNC2=O. The molecule has 0 bridgehead atoms. The van der Waals surface area contributed by atoms with Crippen molar-refractivity contribution in [1.29, 1.82) is 0 Å². The van der Waals surface area contributed by atoms with Crippen molar-refractivity contribution in [3.8, 4) is 0 Å². The molecule has 1 atom stereocenters. The summed E-state index contributed by atoms with van der Waals surface area (Å²) in [6.45, 7) is 2.02. The summed E-state index contributed by atoms with van der Waals surface area (Å²) in [7, 11) is 0. The molecular formula is C20H24N4O3S. The standard InChI is InChI=1S/C20H24N4O3S/c25-18(23-6-3-1-2-4-7-23)10-16-11-21-20(27)17-9-14(12-24(16)17)19(26)22-15-5-8-28-13-15/h5,8-9,12-13,16H,1-4,6-7,10-11H2,(H,21,27)(H,22,26). The first-order chi connectivity index (χ1) is 13.6. The van der Waals surface area contributed by atoms with Gasteiger partial charge in [-0.25, -0.2) is 0 Å². The quantitative estimate of drug-likeness (QED) is 0.828. The third kappa shape index (κ3) is 3.96. The van der Waals surface area contributed by atoms with Crippen LogP contribution in [0.3, 0.4) is 0 Å². The lowest BCUT2D eigenvalue weighted by Gasteiger charge is -2.28. The van der Waals surface area contributed by atoms with Crippen LogP contribution in [0.15, 0.2) is 29.1 Å². The first kappa shape index (κ1) is 18.7. The molecule has 0 aromatic carbocycles. The number of carbonyl (C=O) groups excluding carboxylic acids is 3. The van der Waals surface area contributed by atoms with Gasteiger partial charge < -0.3 is 20.1 Å². The Morgan fingerprint density at radius 1 is 1.21 bits per heavy atom. The van der Waals surface area contributed by atoms with E-state index in [2.05, 4.69) is 10.6 Å². The fourth-order valence-electron chi connectivity index (χ4n) is 3.85. The van der Waals surface area contributed by atoms with Gasteiger partial charge in [-0.1, -0.05) is 12.8 Å². The smallest absolute Gasteiger partial charge is 0.268 e. The highest BCUT2D eigenvalue weighted by Gasteiger charge is 2.30. The topological polar surface area (TPSA) is 83.4 Å². The van der Waals surface area contributed by atoms with Gasteiger partial charge >= 0.3 is 0 Å². The molecule has 0 saturated carbocycles. The molecule has 3 amide bonds. The molecular weight excluding hydrogens is 376 g/mol. The third-order valence-corrected chi connectivity index (χ3v) is 6.07. The van der Waals surface area contributed by atoms with Crippen LogP contribution in [0, 0.1) is 0 Å². The Kier molecular flexibility index (Phi) is 5.47. The molecule has 4 rings (SSSR count). The van der Waals surface area contributed by atoms with Gasteiger partial charge in [0.15, 0.2) is 0 Å². The Hall–Kier alpha value is -2.61. The number of amides is 3. The average molecular weight is 401 g/mol. The monoisotopic (exact) mass is 400 g/mol. The summed E-state index contributed by atoms with van der Waals surface area (Å²) in [5.74, 6) is -0.356. The Morgan fingerprint density at radius 3 is 2.71 bits per heavy atom. The van der Waals surface area contributed by atoms with Crippen molar-refractivity contribution in [2.45, 2.75) is 38.1 Å². The van der Waals surface area contributed by atoms with E-state index < -0.39 is 0 Å². The third-order valence-electron chi connectivity index (χ3n) is 5.38. The minimum absolute atomic E-state index is 0.118. The van der Waals surface area contributed by atoms with Crippen LogP contribution in [-0.4, -0.2) is 46.8 Å². The number of hydrogen-bond donors (Lipinski definition) is 2. The van der Waals surface area contributed by atoms with Crippen molar-refractivity contribution in [3.05, 3.63) is 40.3 Å². The van der Waals surface area contributed by atoms with Gasteiger partial charge in [-0.3, -0.25) is 14.4 Å². The minimum atomic E-state index is -0.259. The van der Waals surface area contributed by atoms with Crippen molar-refractivity contribution < 1.29 is 14.4 Å². The molecule has 1 unspecified atom stereocenters. The number of likely N-dealkylation sites (tertiary alicyclic amines) is 1. The van der Waals surface area contributed by atoms with Crippen LogP contribution >= 0.6 is 11.3 Å². The number of anilines is 1. The van der Waals surface area contributed by atoms with Gasteiger partial charge in [-0.2, -0.15) is 11.3 Å². The first-order valence-corrected chi connectivity index (χ1v) is 10.7. The van der Waals surface area contributed by atoms with Gasteiger partial charge in [0.25, 0.3) is 11.8 Å². The summed E-state index contributed by atoms with van der Waals surface area (Å²) in [6.07, 6.45) is 6.47. The van der Waals surface area contributed by atoms with E-state index in [-0.39, 0.29) is 23.8 Å². The van der Waals surface area contributed by atoms with Crippen molar-refractivity contribution in [3.63, 3.8) is 0 Å². The van der Waals surface area contributed by atoms with Crippen molar-refractivity contribution in [2.24, 2.45) is 0 Å². The molecule has 0 radical (unpaired) electrons. The van der Waals surface area contributed by atoms with E-state index >= 15 is 0 Å². The van der Waals surface area contributed by atoms with Crippen LogP contribution in [0.25, 0.3) is 0 Å². The molecule has 2 aromatic heterocycles. The molecule has 0 aliphatic carbocycles. The van der Waals surface area contributed by atoms with E-state index in [1.54, 1.807) is 16.8 Å². The van der Waals surface area contributed by atoms with E-state index in [0.29, 0.717) is 24.2 Å².